The topological polar surface area (TPSA) is 50.2 Å². The predicted octanol–water partition coefficient (Wildman–Crippen LogP) is 4.72. The summed E-state index contributed by atoms with van der Waals surface area (Å²) < 4.78 is 0. The van der Waals surface area contributed by atoms with Gasteiger partial charge in [0.25, 0.3) is 0 Å². The Hall–Kier alpha value is -0.900. The van der Waals surface area contributed by atoms with Gasteiger partial charge in [-0.25, -0.2) is 4.98 Å². The van der Waals surface area contributed by atoms with Gasteiger partial charge in [0, 0.05) is 10.8 Å². The van der Waals surface area contributed by atoms with Crippen LogP contribution in [0.15, 0.2) is 0 Å². The van der Waals surface area contributed by atoms with Crippen molar-refractivity contribution in [3.63, 3.8) is 0 Å². The number of carboxylic acid groups (broad SMARTS) is 1. The molecule has 1 saturated carbocycles. The molecule has 1 aromatic rings. The van der Waals surface area contributed by atoms with E-state index in [1.165, 1.54) is 48.4 Å². The van der Waals surface area contributed by atoms with Crippen LogP contribution >= 0.6 is 11.3 Å². The summed E-state index contributed by atoms with van der Waals surface area (Å²) in [4.78, 5) is 17.4. The molecule has 0 aliphatic heterocycles. The lowest BCUT2D eigenvalue weighted by atomic mass is 9.80. The molecule has 1 aromatic heterocycles. The van der Waals surface area contributed by atoms with Gasteiger partial charge in [-0.15, -0.1) is 11.3 Å². The smallest absolute Gasteiger partial charge is 0.312 e. The van der Waals surface area contributed by atoms with Crippen molar-refractivity contribution in [1.29, 1.82) is 0 Å². The zero-order valence-electron chi connectivity index (χ0n) is 12.8. The third kappa shape index (κ3) is 3.15. The van der Waals surface area contributed by atoms with Gasteiger partial charge in [0.2, 0.25) is 0 Å². The lowest BCUT2D eigenvalue weighted by Gasteiger charge is -2.27. The summed E-state index contributed by atoms with van der Waals surface area (Å²) in [7, 11) is 0. The first kappa shape index (κ1) is 15.0. The maximum Gasteiger partial charge on any atom is 0.312 e. The van der Waals surface area contributed by atoms with Gasteiger partial charge < -0.3 is 5.11 Å². The van der Waals surface area contributed by atoms with Gasteiger partial charge in [-0.2, -0.15) is 0 Å². The van der Waals surface area contributed by atoms with Crippen molar-refractivity contribution in [1.82, 2.24) is 4.98 Å². The number of carbonyl (C=O) groups is 1. The van der Waals surface area contributed by atoms with Crippen molar-refractivity contribution in [2.75, 3.05) is 0 Å². The lowest BCUT2D eigenvalue weighted by Crippen LogP contribution is -2.17. The molecular weight excluding hydrogens is 282 g/mol. The van der Waals surface area contributed by atoms with E-state index in [9.17, 15) is 9.90 Å². The Morgan fingerprint density at radius 2 is 2.05 bits per heavy atom. The number of aliphatic carboxylic acids is 1. The number of nitrogens with zero attached hydrogens (tertiary/aromatic N) is 1. The largest absolute Gasteiger partial charge is 0.481 e. The Labute approximate surface area is 130 Å². The summed E-state index contributed by atoms with van der Waals surface area (Å²) in [6.07, 6.45) is 10.6. The fourth-order valence-corrected chi connectivity index (χ4v) is 5.30. The average Bonchev–Trinajstić information content (AvgIpc) is 2.92. The fourth-order valence-electron chi connectivity index (χ4n) is 3.96. The molecule has 2 aliphatic rings. The third-order valence-electron chi connectivity index (χ3n) is 5.16. The number of fused-ring (bicyclic) bond motifs is 1. The Kier molecular flexibility index (Phi) is 4.63. The van der Waals surface area contributed by atoms with Crippen molar-refractivity contribution in [2.45, 2.75) is 76.5 Å². The van der Waals surface area contributed by atoms with Crippen LogP contribution in [0.4, 0.5) is 0 Å². The quantitative estimate of drug-likeness (QED) is 0.875. The third-order valence-corrected chi connectivity index (χ3v) is 6.46. The summed E-state index contributed by atoms with van der Waals surface area (Å²) in [5.41, 5.74) is 0.893. The molecule has 2 aliphatic carbocycles. The molecule has 0 saturated heterocycles. The minimum absolute atomic E-state index is 0.352. The van der Waals surface area contributed by atoms with E-state index in [0.29, 0.717) is 5.92 Å². The SMILES string of the molecule is CCCC1CCC(c2nc3c(s2)CCCC3C(=O)O)CC1. The average molecular weight is 307 g/mol. The molecule has 1 unspecified atom stereocenters. The highest BCUT2D eigenvalue weighted by Crippen LogP contribution is 2.42. The molecule has 3 nitrogen and oxygen atoms in total. The molecule has 21 heavy (non-hydrogen) atoms. The van der Waals surface area contributed by atoms with Crippen molar-refractivity contribution in [2.24, 2.45) is 5.92 Å². The van der Waals surface area contributed by atoms with Crippen molar-refractivity contribution in [3.05, 3.63) is 15.6 Å². The lowest BCUT2D eigenvalue weighted by molar-refractivity contribution is -0.139. The van der Waals surface area contributed by atoms with E-state index in [2.05, 4.69) is 6.92 Å². The van der Waals surface area contributed by atoms with E-state index in [4.69, 9.17) is 4.98 Å². The van der Waals surface area contributed by atoms with E-state index < -0.39 is 5.97 Å². The highest BCUT2D eigenvalue weighted by Gasteiger charge is 2.32. The Bertz CT molecular complexity index is 503. The number of aromatic nitrogens is 1. The first-order valence-corrected chi connectivity index (χ1v) is 9.23. The van der Waals surface area contributed by atoms with Gasteiger partial charge in [-0.1, -0.05) is 19.8 Å². The molecule has 0 aromatic carbocycles. The summed E-state index contributed by atoms with van der Waals surface area (Å²) in [5, 5.41) is 10.6. The Morgan fingerprint density at radius 1 is 1.29 bits per heavy atom. The summed E-state index contributed by atoms with van der Waals surface area (Å²) in [6.45, 7) is 2.27. The molecule has 1 heterocycles. The molecular formula is C17H25NO2S. The number of hydrogen-bond acceptors (Lipinski definition) is 3. The minimum Gasteiger partial charge on any atom is -0.481 e. The van der Waals surface area contributed by atoms with Crippen LogP contribution in [-0.2, 0) is 11.2 Å². The van der Waals surface area contributed by atoms with Gasteiger partial charge in [-0.3, -0.25) is 4.79 Å². The maximum atomic E-state index is 11.4. The van der Waals surface area contributed by atoms with E-state index in [1.807, 2.05) is 0 Å². The molecule has 4 heteroatoms. The number of rotatable bonds is 4. The zero-order valence-corrected chi connectivity index (χ0v) is 13.6. The van der Waals surface area contributed by atoms with Gasteiger partial charge >= 0.3 is 5.97 Å². The van der Waals surface area contributed by atoms with Crippen LogP contribution in [0.3, 0.4) is 0 Å². The molecule has 1 atom stereocenters. The first-order valence-electron chi connectivity index (χ1n) is 8.41. The van der Waals surface area contributed by atoms with E-state index in [0.717, 1.165) is 30.9 Å². The van der Waals surface area contributed by atoms with Crippen LogP contribution in [0.2, 0.25) is 0 Å². The molecule has 1 fully saturated rings. The Morgan fingerprint density at radius 3 is 2.71 bits per heavy atom. The number of aryl methyl sites for hydroxylation is 1. The summed E-state index contributed by atoms with van der Waals surface area (Å²) in [6, 6.07) is 0. The van der Waals surface area contributed by atoms with Crippen molar-refractivity contribution in [3.8, 4) is 0 Å². The highest BCUT2D eigenvalue weighted by atomic mass is 32.1. The second-order valence-corrected chi connectivity index (χ2v) is 7.77. The van der Waals surface area contributed by atoms with E-state index >= 15 is 0 Å². The molecule has 0 amide bonds. The van der Waals surface area contributed by atoms with Crippen LogP contribution < -0.4 is 0 Å². The standard InChI is InChI=1S/C17H25NO2S/c1-2-4-11-7-9-12(10-8-11)16-18-15-13(17(19)20)5-3-6-14(15)21-16/h11-13H,2-10H2,1H3,(H,19,20). The monoisotopic (exact) mass is 307 g/mol. The molecule has 116 valence electrons. The van der Waals surface area contributed by atoms with Crippen molar-refractivity contribution >= 4 is 17.3 Å². The molecule has 0 spiro atoms. The molecule has 0 radical (unpaired) electrons. The van der Waals surface area contributed by atoms with Crippen LogP contribution in [0, 0.1) is 5.92 Å². The predicted molar refractivity (Wildman–Crippen MR) is 85.0 cm³/mol. The summed E-state index contributed by atoms with van der Waals surface area (Å²) >= 11 is 1.80. The molecule has 0 bridgehead atoms. The number of carboxylic acids is 1. The minimum atomic E-state index is -0.695. The van der Waals surface area contributed by atoms with E-state index in [1.54, 1.807) is 11.3 Å². The maximum absolute atomic E-state index is 11.4. The van der Waals surface area contributed by atoms with Crippen LogP contribution in [0.25, 0.3) is 0 Å². The van der Waals surface area contributed by atoms with Gasteiger partial charge in [0.05, 0.1) is 16.6 Å². The number of hydrogen-bond donors (Lipinski definition) is 1. The van der Waals surface area contributed by atoms with Gasteiger partial charge in [0.1, 0.15) is 0 Å². The first-order chi connectivity index (χ1) is 10.2. The molecule has 1 N–H and O–H groups in total. The second kappa shape index (κ2) is 6.47. The number of thiazole rings is 1. The normalized spacial score (nSPS) is 29.1. The Balaban J connectivity index is 1.72. The zero-order chi connectivity index (χ0) is 14.8. The highest BCUT2D eigenvalue weighted by molar-refractivity contribution is 7.11. The van der Waals surface area contributed by atoms with Crippen LogP contribution in [0.1, 0.15) is 85.7 Å². The fraction of sp³-hybridized carbons (Fsp3) is 0.765. The van der Waals surface area contributed by atoms with Gasteiger partial charge in [-0.05, 0) is 50.9 Å². The second-order valence-electron chi connectivity index (χ2n) is 6.65. The van der Waals surface area contributed by atoms with E-state index in [-0.39, 0.29) is 5.92 Å². The van der Waals surface area contributed by atoms with Crippen molar-refractivity contribution < 1.29 is 9.90 Å². The summed E-state index contributed by atoms with van der Waals surface area (Å²) in [5.74, 6) is 0.449. The van der Waals surface area contributed by atoms with Crippen LogP contribution in [0.5, 0.6) is 0 Å². The molecule has 3 rings (SSSR count). The van der Waals surface area contributed by atoms with Crippen LogP contribution in [-0.4, -0.2) is 16.1 Å². The van der Waals surface area contributed by atoms with Gasteiger partial charge in [0.15, 0.2) is 0 Å².